The molecule has 1 amide bonds. The zero-order valence-corrected chi connectivity index (χ0v) is 20.2. The highest BCUT2D eigenvalue weighted by molar-refractivity contribution is 6.02. The summed E-state index contributed by atoms with van der Waals surface area (Å²) in [4.78, 5) is 12.7. The van der Waals surface area contributed by atoms with Crippen molar-refractivity contribution in [1.82, 2.24) is 5.43 Å². The van der Waals surface area contributed by atoms with Gasteiger partial charge in [0.2, 0.25) is 0 Å². The summed E-state index contributed by atoms with van der Waals surface area (Å²) in [5.41, 5.74) is 4.14. The van der Waals surface area contributed by atoms with Gasteiger partial charge in [0.15, 0.2) is 6.10 Å². The third kappa shape index (κ3) is 5.59. The fourth-order valence-electron chi connectivity index (χ4n) is 4.07. The van der Waals surface area contributed by atoms with Crippen molar-refractivity contribution in [1.29, 1.82) is 0 Å². The Morgan fingerprint density at radius 1 is 0.838 bits per heavy atom. The molecule has 1 atom stereocenters. The molecular formula is C31H25FN2O3. The molecule has 184 valence electrons. The van der Waals surface area contributed by atoms with Crippen LogP contribution in [0.5, 0.6) is 11.5 Å². The maximum atomic E-state index is 13.2. The van der Waals surface area contributed by atoms with Gasteiger partial charge in [-0.25, -0.2) is 9.82 Å². The van der Waals surface area contributed by atoms with E-state index in [1.165, 1.54) is 12.1 Å². The maximum Gasteiger partial charge on any atom is 0.280 e. The topological polar surface area (TPSA) is 59.9 Å². The number of fused-ring (bicyclic) bond motifs is 2. The van der Waals surface area contributed by atoms with Crippen molar-refractivity contribution >= 4 is 33.7 Å². The summed E-state index contributed by atoms with van der Waals surface area (Å²) in [6.07, 6.45) is 0.815. The standard InChI is InChI=1S/C31H25FN2O3/c1-21(37-30-12-6-9-23-7-3-5-11-27(23)30)31(35)34-33-19-28-26-10-4-2-8-24(26)15-18-29(28)36-20-22-13-16-25(32)17-14-22/h2-19,21H,20H2,1H3,(H,34,35)/b33-19+. The first kappa shape index (κ1) is 24.0. The SMILES string of the molecule is CC(Oc1cccc2ccccc12)C(=O)N/N=C/c1c(OCc2ccc(F)cc2)ccc2ccccc12. The molecule has 0 saturated heterocycles. The van der Waals surface area contributed by atoms with Crippen LogP contribution in [0.25, 0.3) is 21.5 Å². The van der Waals surface area contributed by atoms with Crippen molar-refractivity contribution in [3.63, 3.8) is 0 Å². The zero-order valence-electron chi connectivity index (χ0n) is 20.2. The van der Waals surface area contributed by atoms with Gasteiger partial charge < -0.3 is 9.47 Å². The summed E-state index contributed by atoms with van der Waals surface area (Å²) < 4.78 is 25.2. The van der Waals surface area contributed by atoms with Gasteiger partial charge in [-0.1, -0.05) is 78.9 Å². The van der Waals surface area contributed by atoms with E-state index in [2.05, 4.69) is 10.5 Å². The third-order valence-corrected chi connectivity index (χ3v) is 6.03. The molecule has 1 unspecified atom stereocenters. The molecule has 37 heavy (non-hydrogen) atoms. The van der Waals surface area contributed by atoms with Crippen LogP contribution in [0.2, 0.25) is 0 Å². The number of carbonyl (C=O) groups excluding carboxylic acids is 1. The average molecular weight is 493 g/mol. The molecule has 5 aromatic rings. The Bertz CT molecular complexity index is 1580. The van der Waals surface area contributed by atoms with Gasteiger partial charge in [0, 0.05) is 10.9 Å². The lowest BCUT2D eigenvalue weighted by Gasteiger charge is -2.15. The molecule has 0 aliphatic rings. The number of amides is 1. The van der Waals surface area contributed by atoms with Gasteiger partial charge in [-0.05, 0) is 52.9 Å². The molecule has 5 aromatic carbocycles. The number of benzene rings is 5. The summed E-state index contributed by atoms with van der Waals surface area (Å²) in [5, 5.41) is 8.12. The highest BCUT2D eigenvalue weighted by atomic mass is 19.1. The van der Waals surface area contributed by atoms with E-state index in [0.717, 1.165) is 32.7 Å². The summed E-state index contributed by atoms with van der Waals surface area (Å²) in [6.45, 7) is 1.95. The van der Waals surface area contributed by atoms with E-state index in [1.807, 2.05) is 78.9 Å². The van der Waals surface area contributed by atoms with E-state index in [-0.39, 0.29) is 18.3 Å². The Hall–Kier alpha value is -4.71. The monoisotopic (exact) mass is 492 g/mol. The Balaban J connectivity index is 1.32. The molecule has 0 fully saturated rings. The molecule has 5 nitrogen and oxygen atoms in total. The lowest BCUT2D eigenvalue weighted by atomic mass is 10.0. The highest BCUT2D eigenvalue weighted by Crippen LogP contribution is 2.28. The fourth-order valence-corrected chi connectivity index (χ4v) is 4.07. The summed E-state index contributed by atoms with van der Waals surface area (Å²) in [6, 6.07) is 31.4. The smallest absolute Gasteiger partial charge is 0.280 e. The Morgan fingerprint density at radius 2 is 1.51 bits per heavy atom. The Labute approximate surface area is 214 Å². The predicted molar refractivity (Wildman–Crippen MR) is 144 cm³/mol. The Morgan fingerprint density at radius 3 is 2.30 bits per heavy atom. The van der Waals surface area contributed by atoms with Crippen LogP contribution in [0.15, 0.2) is 108 Å². The molecule has 0 bridgehead atoms. The van der Waals surface area contributed by atoms with Crippen LogP contribution in [0.1, 0.15) is 18.1 Å². The third-order valence-electron chi connectivity index (χ3n) is 6.03. The van der Waals surface area contributed by atoms with E-state index in [0.29, 0.717) is 11.5 Å². The molecule has 0 saturated carbocycles. The summed E-state index contributed by atoms with van der Waals surface area (Å²) in [5.74, 6) is 0.561. The Kier molecular flexibility index (Phi) is 7.08. The molecular weight excluding hydrogens is 467 g/mol. The van der Waals surface area contributed by atoms with Crippen LogP contribution in [0, 0.1) is 5.82 Å². The minimum absolute atomic E-state index is 0.266. The first-order valence-corrected chi connectivity index (χ1v) is 11.9. The number of nitrogens with zero attached hydrogens (tertiary/aromatic N) is 1. The summed E-state index contributed by atoms with van der Waals surface area (Å²) in [7, 11) is 0. The second kappa shape index (κ2) is 10.9. The van der Waals surface area contributed by atoms with Crippen molar-refractivity contribution in [3.8, 4) is 11.5 Å². The molecule has 0 aliphatic carbocycles. The lowest BCUT2D eigenvalue weighted by Crippen LogP contribution is -2.33. The normalized spacial score (nSPS) is 12.1. The van der Waals surface area contributed by atoms with Crippen molar-refractivity contribution in [2.24, 2.45) is 5.10 Å². The number of nitrogens with one attached hydrogen (secondary N) is 1. The molecule has 1 N–H and O–H groups in total. The maximum absolute atomic E-state index is 13.2. The molecule has 0 radical (unpaired) electrons. The van der Waals surface area contributed by atoms with Crippen LogP contribution in [0.3, 0.4) is 0 Å². The molecule has 0 heterocycles. The predicted octanol–water partition coefficient (Wildman–Crippen LogP) is 6.63. The average Bonchev–Trinajstić information content (AvgIpc) is 2.93. The van der Waals surface area contributed by atoms with Crippen LogP contribution in [-0.2, 0) is 11.4 Å². The molecule has 0 spiro atoms. The quantitative estimate of drug-likeness (QED) is 0.195. The van der Waals surface area contributed by atoms with Gasteiger partial charge in [-0.2, -0.15) is 5.10 Å². The van der Waals surface area contributed by atoms with Crippen molar-refractivity contribution in [3.05, 3.63) is 120 Å². The summed E-state index contributed by atoms with van der Waals surface area (Å²) >= 11 is 0. The second-order valence-electron chi connectivity index (χ2n) is 8.59. The van der Waals surface area contributed by atoms with E-state index in [1.54, 1.807) is 25.3 Å². The van der Waals surface area contributed by atoms with Gasteiger partial charge in [0.1, 0.15) is 23.9 Å². The number of ether oxygens (including phenoxy) is 2. The minimum Gasteiger partial charge on any atom is -0.488 e. The number of rotatable bonds is 8. The van der Waals surface area contributed by atoms with Crippen molar-refractivity contribution in [2.75, 3.05) is 0 Å². The van der Waals surface area contributed by atoms with Gasteiger partial charge in [-0.15, -0.1) is 0 Å². The first-order valence-electron chi connectivity index (χ1n) is 11.9. The van der Waals surface area contributed by atoms with Crippen molar-refractivity contribution in [2.45, 2.75) is 19.6 Å². The van der Waals surface area contributed by atoms with E-state index < -0.39 is 6.10 Å². The van der Waals surface area contributed by atoms with Gasteiger partial charge in [0.05, 0.1) is 6.21 Å². The second-order valence-corrected chi connectivity index (χ2v) is 8.59. The molecule has 0 aliphatic heterocycles. The van der Waals surface area contributed by atoms with E-state index in [4.69, 9.17) is 9.47 Å². The number of halogens is 1. The van der Waals surface area contributed by atoms with Crippen LogP contribution >= 0.6 is 0 Å². The minimum atomic E-state index is -0.760. The fraction of sp³-hybridized carbons (Fsp3) is 0.0968. The largest absolute Gasteiger partial charge is 0.488 e. The molecule has 0 aromatic heterocycles. The number of carbonyl (C=O) groups is 1. The molecule has 5 rings (SSSR count). The first-order chi connectivity index (χ1) is 18.1. The van der Waals surface area contributed by atoms with Crippen LogP contribution in [-0.4, -0.2) is 18.2 Å². The zero-order chi connectivity index (χ0) is 25.6. The number of hydrogen-bond donors (Lipinski definition) is 1. The molecule has 6 heteroatoms. The number of hydrazone groups is 1. The van der Waals surface area contributed by atoms with Crippen LogP contribution in [0.4, 0.5) is 4.39 Å². The van der Waals surface area contributed by atoms with Crippen molar-refractivity contribution < 1.29 is 18.7 Å². The van der Waals surface area contributed by atoms with Crippen LogP contribution < -0.4 is 14.9 Å². The van der Waals surface area contributed by atoms with Gasteiger partial charge in [0.25, 0.3) is 5.91 Å². The van der Waals surface area contributed by atoms with E-state index in [9.17, 15) is 9.18 Å². The van der Waals surface area contributed by atoms with Gasteiger partial charge in [-0.3, -0.25) is 4.79 Å². The van der Waals surface area contributed by atoms with Gasteiger partial charge >= 0.3 is 0 Å². The lowest BCUT2D eigenvalue weighted by molar-refractivity contribution is -0.127. The van der Waals surface area contributed by atoms with E-state index >= 15 is 0 Å². The number of hydrogen-bond acceptors (Lipinski definition) is 4. The highest BCUT2D eigenvalue weighted by Gasteiger charge is 2.16.